The average Bonchev–Trinajstić information content (AvgIpc) is 2.80. The first-order chi connectivity index (χ1) is 16.9. The van der Waals surface area contributed by atoms with Crippen LogP contribution in [0.15, 0.2) is 78.9 Å². The second-order valence-corrected chi connectivity index (χ2v) is 18.5. The first-order valence-electron chi connectivity index (χ1n) is 12.1. The minimum absolute atomic E-state index is 0.121. The molecular formula is C29H38O5Si2. The Labute approximate surface area is 217 Å². The zero-order chi connectivity index (χ0) is 26.8. The van der Waals surface area contributed by atoms with Crippen molar-refractivity contribution < 1.29 is 23.2 Å². The number of esters is 1. The fourth-order valence-electron chi connectivity index (χ4n) is 4.16. The summed E-state index contributed by atoms with van der Waals surface area (Å²) < 4.78 is 17.6. The van der Waals surface area contributed by atoms with Gasteiger partial charge >= 0.3 is 5.97 Å². The number of hydrogen-bond donors (Lipinski definition) is 0. The quantitative estimate of drug-likeness (QED) is 0.134. The van der Waals surface area contributed by atoms with E-state index in [1.54, 1.807) is 14.0 Å². The fraction of sp³-hybridized carbons (Fsp3) is 0.310. The topological polar surface area (TPSA) is 61.8 Å². The minimum Gasteiger partial charge on any atom is -0.496 e. The van der Waals surface area contributed by atoms with Crippen molar-refractivity contribution in [2.24, 2.45) is 0 Å². The van der Waals surface area contributed by atoms with Gasteiger partial charge < -0.3 is 13.6 Å². The van der Waals surface area contributed by atoms with E-state index in [-0.39, 0.29) is 11.8 Å². The van der Waals surface area contributed by atoms with Crippen molar-refractivity contribution in [3.63, 3.8) is 0 Å². The van der Waals surface area contributed by atoms with Gasteiger partial charge in [-0.25, -0.2) is 0 Å². The summed E-state index contributed by atoms with van der Waals surface area (Å²) in [5.74, 6) is 1.38. The molecule has 0 heterocycles. The molecule has 0 spiro atoms. The van der Waals surface area contributed by atoms with E-state index in [0.717, 1.165) is 29.0 Å². The molecule has 3 rings (SSSR count). The molecule has 0 atom stereocenters. The summed E-state index contributed by atoms with van der Waals surface area (Å²) in [6.07, 6.45) is 0. The third-order valence-electron chi connectivity index (χ3n) is 5.38. The predicted molar refractivity (Wildman–Crippen MR) is 151 cm³/mol. The summed E-state index contributed by atoms with van der Waals surface area (Å²) in [7, 11) is -2.26. The lowest BCUT2D eigenvalue weighted by Crippen LogP contribution is -2.47. The number of Topliss-reactive ketones (excluding diaryl/α,β-unsaturated/α-hetero) is 1. The fourth-order valence-corrected chi connectivity index (χ4v) is 13.1. The maximum Gasteiger partial charge on any atom is 0.308 e. The Morgan fingerprint density at radius 3 is 1.56 bits per heavy atom. The van der Waals surface area contributed by atoms with Crippen LogP contribution in [0.3, 0.4) is 0 Å². The first kappa shape index (κ1) is 29.2. The molecule has 0 aliphatic heterocycles. The van der Waals surface area contributed by atoms with E-state index in [9.17, 15) is 9.59 Å². The third-order valence-corrected chi connectivity index (χ3v) is 12.3. The van der Waals surface area contributed by atoms with Crippen LogP contribution in [0.4, 0.5) is 0 Å². The number of para-hydroxylation sites is 2. The van der Waals surface area contributed by atoms with Crippen molar-refractivity contribution in [2.75, 3.05) is 7.11 Å². The number of benzene rings is 3. The number of ether oxygens (including phenoxy) is 2. The predicted octanol–water partition coefficient (Wildman–Crippen LogP) is 6.80. The van der Waals surface area contributed by atoms with Crippen molar-refractivity contribution in [2.45, 2.75) is 52.1 Å². The molecule has 3 aromatic rings. The molecule has 36 heavy (non-hydrogen) atoms. The van der Waals surface area contributed by atoms with Gasteiger partial charge in [-0.3, -0.25) is 9.59 Å². The molecule has 0 saturated carbocycles. The molecule has 192 valence electrons. The number of carbonyl (C=O) groups is 2. The van der Waals surface area contributed by atoms with Crippen LogP contribution in [-0.2, 0) is 21.0 Å². The van der Waals surface area contributed by atoms with Gasteiger partial charge in [0.25, 0.3) is 0 Å². The zero-order valence-electron chi connectivity index (χ0n) is 22.5. The Hall–Kier alpha value is -3.01. The maximum atomic E-state index is 11.4. The van der Waals surface area contributed by atoms with Crippen LogP contribution in [-0.4, -0.2) is 35.5 Å². The normalized spacial score (nSPS) is 11.2. The summed E-state index contributed by atoms with van der Waals surface area (Å²) in [5.41, 5.74) is 3.01. The van der Waals surface area contributed by atoms with Crippen molar-refractivity contribution in [3.8, 4) is 11.5 Å². The second-order valence-electron chi connectivity index (χ2n) is 9.91. The Bertz CT molecular complexity index is 1140. The highest BCUT2D eigenvalue weighted by Gasteiger charge is 2.34. The Balaban J connectivity index is 0.000000425. The molecule has 0 N–H and O–H groups in total. The summed E-state index contributed by atoms with van der Waals surface area (Å²) in [6.45, 7) is 12.0. The van der Waals surface area contributed by atoms with Gasteiger partial charge in [-0.2, -0.15) is 0 Å². The third kappa shape index (κ3) is 9.93. The molecule has 0 amide bonds. The summed E-state index contributed by atoms with van der Waals surface area (Å²) >= 11 is 0. The summed E-state index contributed by atoms with van der Waals surface area (Å²) in [6, 6.07) is 26.8. The lowest BCUT2D eigenvalue weighted by Gasteiger charge is -2.34. The van der Waals surface area contributed by atoms with Gasteiger partial charge in [-0.1, -0.05) is 66.7 Å². The van der Waals surface area contributed by atoms with Crippen molar-refractivity contribution in [3.05, 3.63) is 95.6 Å². The minimum atomic E-state index is -2.01. The van der Waals surface area contributed by atoms with E-state index in [1.807, 2.05) is 72.8 Å². The van der Waals surface area contributed by atoms with Crippen molar-refractivity contribution in [1.29, 1.82) is 0 Å². The van der Waals surface area contributed by atoms with E-state index in [2.05, 4.69) is 32.3 Å². The highest BCUT2D eigenvalue weighted by atomic mass is 28.4. The van der Waals surface area contributed by atoms with Gasteiger partial charge in [0.05, 0.1) is 7.11 Å². The Morgan fingerprint density at radius 1 is 0.667 bits per heavy atom. The molecule has 0 fully saturated rings. The Kier molecular flexibility index (Phi) is 10.8. The van der Waals surface area contributed by atoms with Crippen LogP contribution >= 0.6 is 0 Å². The molecule has 3 aromatic carbocycles. The van der Waals surface area contributed by atoms with Gasteiger partial charge in [-0.15, -0.1) is 0 Å². The lowest BCUT2D eigenvalue weighted by atomic mass is 10.2. The molecule has 0 aliphatic carbocycles. The van der Waals surface area contributed by atoms with E-state index in [4.69, 9.17) is 13.6 Å². The molecule has 0 bridgehead atoms. The molecule has 0 saturated heterocycles. The zero-order valence-corrected chi connectivity index (χ0v) is 24.5. The van der Waals surface area contributed by atoms with Gasteiger partial charge in [-0.05, 0) is 68.5 Å². The molecular weight excluding hydrogens is 484 g/mol. The summed E-state index contributed by atoms with van der Waals surface area (Å²) in [5, 5.41) is 0. The molecule has 0 aromatic heterocycles. The largest absolute Gasteiger partial charge is 0.496 e. The van der Waals surface area contributed by atoms with Crippen molar-refractivity contribution in [1.82, 2.24) is 0 Å². The lowest BCUT2D eigenvalue weighted by molar-refractivity contribution is -0.131. The monoisotopic (exact) mass is 522 g/mol. The SMILES string of the molecule is CC(=O)c1ccccc1.COc1ccccc1C[Si](C)(C)O[Si](C)(C)Cc1ccccc1OC(C)=O. The number of ketones is 1. The van der Waals surface area contributed by atoms with Gasteiger partial charge in [0.15, 0.2) is 22.4 Å². The van der Waals surface area contributed by atoms with Crippen LogP contribution in [0.1, 0.15) is 35.3 Å². The van der Waals surface area contributed by atoms with E-state index in [0.29, 0.717) is 5.75 Å². The van der Waals surface area contributed by atoms with E-state index < -0.39 is 16.6 Å². The van der Waals surface area contributed by atoms with Gasteiger partial charge in [0, 0.05) is 12.5 Å². The smallest absolute Gasteiger partial charge is 0.308 e. The number of hydrogen-bond acceptors (Lipinski definition) is 5. The molecule has 5 nitrogen and oxygen atoms in total. The van der Waals surface area contributed by atoms with Gasteiger partial charge in [0.1, 0.15) is 11.5 Å². The highest BCUT2D eigenvalue weighted by molar-refractivity contribution is 6.84. The number of rotatable bonds is 9. The van der Waals surface area contributed by atoms with E-state index >= 15 is 0 Å². The second kappa shape index (κ2) is 13.3. The average molecular weight is 523 g/mol. The highest BCUT2D eigenvalue weighted by Crippen LogP contribution is 2.28. The van der Waals surface area contributed by atoms with Gasteiger partial charge in [0.2, 0.25) is 0 Å². The van der Waals surface area contributed by atoms with Crippen LogP contribution in [0.2, 0.25) is 26.2 Å². The van der Waals surface area contributed by atoms with Crippen LogP contribution < -0.4 is 9.47 Å². The molecule has 0 aliphatic rings. The van der Waals surface area contributed by atoms with Crippen LogP contribution in [0.5, 0.6) is 11.5 Å². The van der Waals surface area contributed by atoms with Crippen LogP contribution in [0.25, 0.3) is 0 Å². The standard InChI is InChI=1S/C21H30O4Si2.C8H8O/c1-17(22)24-21-14-10-8-12-19(21)16-27(5,6)25-26(3,4)15-18-11-7-9-13-20(18)23-2;1-7(9)8-5-3-2-4-6-8/h7-14H,15-16H2,1-6H3;2-6H,1H3. The molecule has 0 radical (unpaired) electrons. The molecule has 0 unspecified atom stereocenters. The summed E-state index contributed by atoms with van der Waals surface area (Å²) in [4.78, 5) is 22.0. The van der Waals surface area contributed by atoms with Crippen LogP contribution in [0, 0.1) is 0 Å². The first-order valence-corrected chi connectivity index (χ1v) is 18.3. The molecule has 7 heteroatoms. The maximum absolute atomic E-state index is 11.4. The number of methoxy groups -OCH3 is 1. The van der Waals surface area contributed by atoms with E-state index in [1.165, 1.54) is 12.5 Å². The Morgan fingerprint density at radius 2 is 1.11 bits per heavy atom. The number of carbonyl (C=O) groups excluding carboxylic acids is 2. The van der Waals surface area contributed by atoms with Crippen molar-refractivity contribution >= 4 is 28.4 Å².